The number of hydrogen-bond acceptors (Lipinski definition) is 2. The van der Waals surface area contributed by atoms with Crippen LogP contribution in [0.25, 0.3) is 0 Å². The normalized spacial score (nSPS) is 24.6. The van der Waals surface area contributed by atoms with Gasteiger partial charge in [-0.3, -0.25) is 0 Å². The minimum atomic E-state index is 0.656. The summed E-state index contributed by atoms with van der Waals surface area (Å²) in [6.07, 6.45) is 5.18. The van der Waals surface area contributed by atoms with Gasteiger partial charge in [-0.15, -0.1) is 0 Å². The predicted molar refractivity (Wildman–Crippen MR) is 71.7 cm³/mol. The lowest BCUT2D eigenvalue weighted by atomic mass is 9.81. The number of benzene rings is 1. The van der Waals surface area contributed by atoms with Gasteiger partial charge in [-0.25, -0.2) is 0 Å². The van der Waals surface area contributed by atoms with Gasteiger partial charge in [-0.2, -0.15) is 0 Å². The third kappa shape index (κ3) is 3.01. The first-order chi connectivity index (χ1) is 8.35. The van der Waals surface area contributed by atoms with Gasteiger partial charge in [0, 0.05) is 6.04 Å². The smallest absolute Gasteiger partial charge is 0.122 e. The van der Waals surface area contributed by atoms with Crippen molar-refractivity contribution in [1.82, 2.24) is 5.32 Å². The first-order valence-corrected chi connectivity index (χ1v) is 6.71. The molecule has 1 N–H and O–H groups in total. The molecule has 2 atom stereocenters. The largest absolute Gasteiger partial charge is 0.496 e. The van der Waals surface area contributed by atoms with Crippen LogP contribution in [0.15, 0.2) is 24.3 Å². The maximum Gasteiger partial charge on any atom is 0.122 e. The van der Waals surface area contributed by atoms with Gasteiger partial charge in [0.2, 0.25) is 0 Å². The van der Waals surface area contributed by atoms with Crippen molar-refractivity contribution in [3.63, 3.8) is 0 Å². The maximum absolute atomic E-state index is 5.47. The molecule has 1 aliphatic carbocycles. The molecule has 2 nitrogen and oxygen atoms in total. The van der Waals surface area contributed by atoms with Crippen molar-refractivity contribution in [2.24, 2.45) is 0 Å². The fraction of sp³-hybridized carbons (Fsp3) is 0.600. The first-order valence-electron chi connectivity index (χ1n) is 6.71. The van der Waals surface area contributed by atoms with Crippen molar-refractivity contribution in [1.29, 1.82) is 0 Å². The van der Waals surface area contributed by atoms with E-state index in [0.29, 0.717) is 12.0 Å². The van der Waals surface area contributed by atoms with Crippen LogP contribution >= 0.6 is 0 Å². The highest BCUT2D eigenvalue weighted by Gasteiger charge is 2.24. The van der Waals surface area contributed by atoms with Gasteiger partial charge >= 0.3 is 0 Å². The molecular formula is C15H23NO. The number of nitrogens with one attached hydrogen (secondary N) is 1. The molecule has 2 unspecified atom stereocenters. The summed E-state index contributed by atoms with van der Waals surface area (Å²) < 4.78 is 5.47. The van der Waals surface area contributed by atoms with Crippen LogP contribution in [-0.2, 0) is 0 Å². The Hall–Kier alpha value is -1.02. The average Bonchev–Trinajstić information content (AvgIpc) is 2.39. The standard InChI is InChI=1S/C15H23NO/c1-3-16-13-8-6-7-12(11-13)14-9-4-5-10-15(14)17-2/h4-5,9-10,12-13,16H,3,6-8,11H2,1-2H3. The minimum Gasteiger partial charge on any atom is -0.496 e. The lowest BCUT2D eigenvalue weighted by molar-refractivity contribution is 0.334. The van der Waals surface area contributed by atoms with Crippen molar-refractivity contribution in [3.05, 3.63) is 29.8 Å². The van der Waals surface area contributed by atoms with Crippen molar-refractivity contribution in [2.45, 2.75) is 44.6 Å². The van der Waals surface area contributed by atoms with Crippen molar-refractivity contribution < 1.29 is 4.74 Å². The molecule has 0 amide bonds. The van der Waals surface area contributed by atoms with Gasteiger partial charge in [-0.1, -0.05) is 31.5 Å². The number of para-hydroxylation sites is 1. The van der Waals surface area contributed by atoms with E-state index in [1.54, 1.807) is 7.11 Å². The lowest BCUT2D eigenvalue weighted by Crippen LogP contribution is -2.33. The molecule has 0 aromatic heterocycles. The molecule has 0 saturated heterocycles. The fourth-order valence-corrected chi connectivity index (χ4v) is 2.95. The Kier molecular flexibility index (Phi) is 4.43. The molecule has 0 bridgehead atoms. The summed E-state index contributed by atoms with van der Waals surface area (Å²) in [6.45, 7) is 3.26. The van der Waals surface area contributed by atoms with E-state index >= 15 is 0 Å². The van der Waals surface area contributed by atoms with Crippen LogP contribution in [0.4, 0.5) is 0 Å². The highest BCUT2D eigenvalue weighted by molar-refractivity contribution is 5.36. The van der Waals surface area contributed by atoms with Crippen LogP contribution in [0.5, 0.6) is 5.75 Å². The summed E-state index contributed by atoms with van der Waals surface area (Å²) in [5.74, 6) is 1.71. The van der Waals surface area contributed by atoms with E-state index in [9.17, 15) is 0 Å². The van der Waals surface area contributed by atoms with Crippen LogP contribution in [0.1, 0.15) is 44.1 Å². The fourth-order valence-electron chi connectivity index (χ4n) is 2.95. The zero-order chi connectivity index (χ0) is 12.1. The van der Waals surface area contributed by atoms with Crippen molar-refractivity contribution in [3.8, 4) is 5.75 Å². The molecule has 94 valence electrons. The summed E-state index contributed by atoms with van der Waals surface area (Å²) in [7, 11) is 1.77. The minimum absolute atomic E-state index is 0.656. The Morgan fingerprint density at radius 3 is 2.88 bits per heavy atom. The molecule has 1 aromatic rings. The third-order valence-corrected chi connectivity index (χ3v) is 3.75. The van der Waals surface area contributed by atoms with Crippen LogP contribution < -0.4 is 10.1 Å². The van der Waals surface area contributed by atoms with E-state index in [1.165, 1.54) is 31.2 Å². The van der Waals surface area contributed by atoms with Crippen LogP contribution in [0.2, 0.25) is 0 Å². The van der Waals surface area contributed by atoms with Gasteiger partial charge in [0.25, 0.3) is 0 Å². The highest BCUT2D eigenvalue weighted by Crippen LogP contribution is 2.37. The Morgan fingerprint density at radius 2 is 2.12 bits per heavy atom. The first kappa shape index (κ1) is 12.4. The summed E-state index contributed by atoms with van der Waals surface area (Å²) in [5.41, 5.74) is 1.39. The van der Waals surface area contributed by atoms with Gasteiger partial charge in [0.1, 0.15) is 5.75 Å². The van der Waals surface area contributed by atoms with E-state index < -0.39 is 0 Å². The van der Waals surface area contributed by atoms with Gasteiger partial charge < -0.3 is 10.1 Å². The summed E-state index contributed by atoms with van der Waals surface area (Å²) in [6, 6.07) is 9.15. The van der Waals surface area contributed by atoms with Gasteiger partial charge in [-0.05, 0) is 43.4 Å². The van der Waals surface area contributed by atoms with Gasteiger partial charge in [0.05, 0.1) is 7.11 Å². The number of ether oxygens (including phenoxy) is 1. The summed E-state index contributed by atoms with van der Waals surface area (Å²) in [5, 5.41) is 3.58. The Labute approximate surface area is 104 Å². The van der Waals surface area contributed by atoms with Crippen molar-refractivity contribution in [2.75, 3.05) is 13.7 Å². The Balaban J connectivity index is 2.10. The van der Waals surface area contributed by atoms with E-state index in [4.69, 9.17) is 4.74 Å². The summed E-state index contributed by atoms with van der Waals surface area (Å²) >= 11 is 0. The van der Waals surface area contributed by atoms with E-state index in [2.05, 4.69) is 30.4 Å². The van der Waals surface area contributed by atoms with E-state index in [0.717, 1.165) is 12.3 Å². The Morgan fingerprint density at radius 1 is 1.29 bits per heavy atom. The molecule has 17 heavy (non-hydrogen) atoms. The van der Waals surface area contributed by atoms with E-state index in [1.807, 2.05) is 6.07 Å². The summed E-state index contributed by atoms with van der Waals surface area (Å²) in [4.78, 5) is 0. The molecule has 2 heteroatoms. The molecule has 1 aromatic carbocycles. The average molecular weight is 233 g/mol. The van der Waals surface area contributed by atoms with Crippen LogP contribution in [-0.4, -0.2) is 19.7 Å². The van der Waals surface area contributed by atoms with Crippen LogP contribution in [0.3, 0.4) is 0 Å². The zero-order valence-electron chi connectivity index (χ0n) is 10.9. The second-order valence-corrected chi connectivity index (χ2v) is 4.86. The monoisotopic (exact) mass is 233 g/mol. The number of hydrogen-bond donors (Lipinski definition) is 1. The molecule has 1 fully saturated rings. The number of methoxy groups -OCH3 is 1. The van der Waals surface area contributed by atoms with E-state index in [-0.39, 0.29) is 0 Å². The SMILES string of the molecule is CCNC1CCCC(c2ccccc2OC)C1. The molecule has 0 heterocycles. The molecule has 2 rings (SSSR count). The quantitative estimate of drug-likeness (QED) is 0.861. The lowest BCUT2D eigenvalue weighted by Gasteiger charge is -2.30. The molecular weight excluding hydrogens is 210 g/mol. The topological polar surface area (TPSA) is 21.3 Å². The van der Waals surface area contributed by atoms with Crippen molar-refractivity contribution >= 4 is 0 Å². The molecule has 0 radical (unpaired) electrons. The van der Waals surface area contributed by atoms with Gasteiger partial charge in [0.15, 0.2) is 0 Å². The molecule has 1 aliphatic rings. The molecule has 0 aliphatic heterocycles. The predicted octanol–water partition coefficient (Wildman–Crippen LogP) is 3.33. The highest BCUT2D eigenvalue weighted by atomic mass is 16.5. The second-order valence-electron chi connectivity index (χ2n) is 4.86. The zero-order valence-corrected chi connectivity index (χ0v) is 10.9. The van der Waals surface area contributed by atoms with Crippen LogP contribution in [0, 0.1) is 0 Å². The molecule has 0 spiro atoms. The second kappa shape index (κ2) is 6.06. The molecule has 1 saturated carbocycles. The maximum atomic E-state index is 5.47. The Bertz CT molecular complexity index is 349. The number of rotatable bonds is 4. The third-order valence-electron chi connectivity index (χ3n) is 3.75.